The van der Waals surface area contributed by atoms with Crippen LogP contribution in [0.15, 0.2) is 30.1 Å². The molecule has 0 aromatic carbocycles. The first-order valence-corrected chi connectivity index (χ1v) is 7.27. The Kier molecular flexibility index (Phi) is 2.83. The van der Waals surface area contributed by atoms with E-state index in [4.69, 9.17) is 0 Å². The fraction of sp³-hybridized carbons (Fsp3) is 0.364. The van der Waals surface area contributed by atoms with Crippen molar-refractivity contribution in [3.63, 3.8) is 0 Å². The Balaban J connectivity index is 1.93. The molecule has 0 spiro atoms. The van der Waals surface area contributed by atoms with E-state index < -0.39 is 10.0 Å². The summed E-state index contributed by atoms with van der Waals surface area (Å²) in [6, 6.07) is 0. The zero-order valence-electron chi connectivity index (χ0n) is 10.4. The summed E-state index contributed by atoms with van der Waals surface area (Å²) in [5, 5.41) is 0.0790. The third kappa shape index (κ3) is 2.13. The van der Waals surface area contributed by atoms with E-state index >= 15 is 0 Å². The fourth-order valence-electron chi connectivity index (χ4n) is 2.10. The van der Waals surface area contributed by atoms with Gasteiger partial charge in [0.25, 0.3) is 10.0 Å². The monoisotopic (exact) mass is 279 g/mol. The predicted molar refractivity (Wildman–Crippen MR) is 66.5 cm³/mol. The van der Waals surface area contributed by atoms with Gasteiger partial charge in [0.2, 0.25) is 0 Å². The number of aryl methyl sites for hydroxylation is 1. The molecule has 2 aromatic heterocycles. The van der Waals surface area contributed by atoms with Crippen LogP contribution in [0, 0.1) is 0 Å². The molecular formula is C11H13N5O2S. The Labute approximate surface area is 111 Å². The molecule has 2 aromatic rings. The van der Waals surface area contributed by atoms with Crippen LogP contribution in [0.5, 0.6) is 0 Å². The average molecular weight is 279 g/mol. The SMILES string of the molecule is Cn1cnc(S(=O)(=O)N2CCc3ncncc3C2)c1. The zero-order valence-corrected chi connectivity index (χ0v) is 11.2. The highest BCUT2D eigenvalue weighted by molar-refractivity contribution is 7.89. The van der Waals surface area contributed by atoms with E-state index in [1.165, 1.54) is 23.2 Å². The molecule has 7 nitrogen and oxygen atoms in total. The lowest BCUT2D eigenvalue weighted by atomic mass is 10.1. The molecule has 0 amide bonds. The maximum absolute atomic E-state index is 12.4. The minimum atomic E-state index is -3.54. The fourth-order valence-corrected chi connectivity index (χ4v) is 3.49. The minimum absolute atomic E-state index is 0.0790. The largest absolute Gasteiger partial charge is 0.339 e. The molecule has 1 aliphatic heterocycles. The van der Waals surface area contributed by atoms with Crippen molar-refractivity contribution in [1.29, 1.82) is 0 Å². The zero-order chi connectivity index (χ0) is 13.5. The first-order chi connectivity index (χ1) is 9.07. The maximum Gasteiger partial charge on any atom is 0.262 e. The number of aromatic nitrogens is 4. The van der Waals surface area contributed by atoms with Gasteiger partial charge in [-0.05, 0) is 0 Å². The highest BCUT2D eigenvalue weighted by Crippen LogP contribution is 2.22. The van der Waals surface area contributed by atoms with Crippen LogP contribution >= 0.6 is 0 Å². The van der Waals surface area contributed by atoms with E-state index in [1.807, 2.05) is 0 Å². The van der Waals surface area contributed by atoms with Crippen LogP contribution in [-0.2, 0) is 30.0 Å². The van der Waals surface area contributed by atoms with Crippen LogP contribution in [0.2, 0.25) is 0 Å². The van der Waals surface area contributed by atoms with Crippen LogP contribution < -0.4 is 0 Å². The van der Waals surface area contributed by atoms with Crippen LogP contribution in [0.3, 0.4) is 0 Å². The summed E-state index contributed by atoms with van der Waals surface area (Å²) in [6.07, 6.45) is 6.74. The maximum atomic E-state index is 12.4. The molecule has 0 radical (unpaired) electrons. The molecule has 0 bridgehead atoms. The van der Waals surface area contributed by atoms with Gasteiger partial charge in [0, 0.05) is 50.2 Å². The van der Waals surface area contributed by atoms with Gasteiger partial charge >= 0.3 is 0 Å². The van der Waals surface area contributed by atoms with Crippen molar-refractivity contribution in [2.45, 2.75) is 18.0 Å². The summed E-state index contributed by atoms with van der Waals surface area (Å²) in [4.78, 5) is 12.0. The van der Waals surface area contributed by atoms with E-state index in [9.17, 15) is 8.42 Å². The molecule has 0 atom stereocenters. The van der Waals surface area contributed by atoms with Gasteiger partial charge in [-0.2, -0.15) is 4.31 Å². The van der Waals surface area contributed by atoms with E-state index in [1.54, 1.807) is 17.8 Å². The molecule has 1 aliphatic rings. The van der Waals surface area contributed by atoms with Crippen molar-refractivity contribution < 1.29 is 8.42 Å². The summed E-state index contributed by atoms with van der Waals surface area (Å²) in [7, 11) is -1.80. The third-order valence-corrected chi connectivity index (χ3v) is 4.84. The van der Waals surface area contributed by atoms with Crippen molar-refractivity contribution in [2.24, 2.45) is 7.05 Å². The van der Waals surface area contributed by atoms with Gasteiger partial charge < -0.3 is 4.57 Å². The number of hydrogen-bond acceptors (Lipinski definition) is 5. The lowest BCUT2D eigenvalue weighted by Gasteiger charge is -2.26. The quantitative estimate of drug-likeness (QED) is 0.770. The van der Waals surface area contributed by atoms with E-state index in [0.717, 1.165) is 11.3 Å². The normalized spacial score (nSPS) is 16.3. The highest BCUT2D eigenvalue weighted by Gasteiger charge is 2.30. The lowest BCUT2D eigenvalue weighted by molar-refractivity contribution is 0.385. The summed E-state index contributed by atoms with van der Waals surface area (Å²) in [5.41, 5.74) is 1.77. The Hall–Kier alpha value is -1.80. The second-order valence-corrected chi connectivity index (χ2v) is 6.35. The standard InChI is InChI=1S/C11H13N5O2S/c1-15-6-11(14-8-15)19(17,18)16-3-2-10-9(5-16)4-12-7-13-10/h4,6-8H,2-3,5H2,1H3. The molecule has 19 heavy (non-hydrogen) atoms. The average Bonchev–Trinajstić information content (AvgIpc) is 2.85. The molecule has 100 valence electrons. The highest BCUT2D eigenvalue weighted by atomic mass is 32.2. The van der Waals surface area contributed by atoms with Crippen LogP contribution in [0.1, 0.15) is 11.3 Å². The summed E-state index contributed by atoms with van der Waals surface area (Å²) in [5.74, 6) is 0. The van der Waals surface area contributed by atoms with Crippen molar-refractivity contribution in [2.75, 3.05) is 6.54 Å². The first-order valence-electron chi connectivity index (χ1n) is 5.83. The predicted octanol–water partition coefficient (Wildman–Crippen LogP) is -0.0429. The molecule has 0 saturated heterocycles. The molecule has 3 heterocycles. The number of sulfonamides is 1. The van der Waals surface area contributed by atoms with Crippen molar-refractivity contribution in [1.82, 2.24) is 23.8 Å². The topological polar surface area (TPSA) is 81.0 Å². The smallest absolute Gasteiger partial charge is 0.262 e. The van der Waals surface area contributed by atoms with Crippen LogP contribution in [0.4, 0.5) is 0 Å². The first kappa shape index (κ1) is 12.2. The van der Waals surface area contributed by atoms with Gasteiger partial charge in [-0.15, -0.1) is 0 Å². The molecule has 0 aliphatic carbocycles. The van der Waals surface area contributed by atoms with E-state index in [2.05, 4.69) is 15.0 Å². The molecule has 0 N–H and O–H groups in total. The van der Waals surface area contributed by atoms with Crippen molar-refractivity contribution >= 4 is 10.0 Å². The Morgan fingerprint density at radius 1 is 1.32 bits per heavy atom. The van der Waals surface area contributed by atoms with Crippen molar-refractivity contribution in [3.8, 4) is 0 Å². The van der Waals surface area contributed by atoms with Gasteiger partial charge in [0.1, 0.15) is 6.33 Å². The molecule has 0 unspecified atom stereocenters. The second-order valence-electron chi connectivity index (χ2n) is 4.46. The van der Waals surface area contributed by atoms with Gasteiger partial charge in [-0.3, -0.25) is 0 Å². The van der Waals surface area contributed by atoms with Gasteiger partial charge in [-0.25, -0.2) is 23.4 Å². The molecule has 8 heteroatoms. The second kappa shape index (κ2) is 4.39. The number of rotatable bonds is 2. The Bertz CT molecular complexity index is 709. The molecule has 0 fully saturated rings. The van der Waals surface area contributed by atoms with Crippen molar-refractivity contribution in [3.05, 3.63) is 36.3 Å². The third-order valence-electron chi connectivity index (χ3n) is 3.11. The number of hydrogen-bond donors (Lipinski definition) is 0. The van der Waals surface area contributed by atoms with Gasteiger partial charge in [-0.1, -0.05) is 0 Å². The summed E-state index contributed by atoms with van der Waals surface area (Å²) < 4.78 is 27.9. The van der Waals surface area contributed by atoms with Gasteiger partial charge in [0.05, 0.1) is 6.33 Å². The number of fused-ring (bicyclic) bond motifs is 1. The molecular weight excluding hydrogens is 266 g/mol. The summed E-state index contributed by atoms with van der Waals surface area (Å²) in [6.45, 7) is 0.720. The minimum Gasteiger partial charge on any atom is -0.339 e. The van der Waals surface area contributed by atoms with E-state index in [0.29, 0.717) is 19.5 Å². The number of nitrogens with zero attached hydrogens (tertiary/aromatic N) is 5. The Morgan fingerprint density at radius 3 is 2.89 bits per heavy atom. The Morgan fingerprint density at radius 2 is 2.16 bits per heavy atom. The molecule has 3 rings (SSSR count). The van der Waals surface area contributed by atoms with Gasteiger partial charge in [0.15, 0.2) is 5.03 Å². The van der Waals surface area contributed by atoms with E-state index in [-0.39, 0.29) is 5.03 Å². The number of imidazole rings is 1. The molecule has 0 saturated carbocycles. The van der Waals surface area contributed by atoms with Crippen LogP contribution in [0.25, 0.3) is 0 Å². The summed E-state index contributed by atoms with van der Waals surface area (Å²) >= 11 is 0. The van der Waals surface area contributed by atoms with Crippen LogP contribution in [-0.4, -0.2) is 38.8 Å². The lowest BCUT2D eigenvalue weighted by Crippen LogP contribution is -2.36.